The first-order valence-electron chi connectivity index (χ1n) is 8.51. The lowest BCUT2D eigenvalue weighted by atomic mass is 10.2. The first kappa shape index (κ1) is 19.5. The fraction of sp³-hybridized carbons (Fsp3) is 0.375. The number of nitro groups is 1. The van der Waals surface area contributed by atoms with Gasteiger partial charge in [0.25, 0.3) is 0 Å². The Labute approximate surface area is 165 Å². The van der Waals surface area contributed by atoms with Gasteiger partial charge < -0.3 is 15.4 Å². The number of carbonyl (C=O) groups is 1. The van der Waals surface area contributed by atoms with Crippen LogP contribution in [-0.2, 0) is 24.4 Å². The number of nitrogens with zero attached hydrogens (tertiary/aromatic N) is 7. The van der Waals surface area contributed by atoms with Crippen molar-refractivity contribution < 1.29 is 9.72 Å². The molecular weight excluding hydrogens is 388 g/mol. The lowest BCUT2D eigenvalue weighted by Gasteiger charge is -2.03. The lowest BCUT2D eigenvalue weighted by Crippen LogP contribution is -2.20. The maximum absolute atomic E-state index is 12.3. The number of carbonyl (C=O) groups excluding carboxylic acids is 1. The van der Waals surface area contributed by atoms with Crippen molar-refractivity contribution in [3.05, 3.63) is 50.7 Å². The predicted molar refractivity (Wildman–Crippen MR) is 101 cm³/mol. The van der Waals surface area contributed by atoms with Crippen LogP contribution in [-0.4, -0.2) is 40.2 Å². The van der Waals surface area contributed by atoms with Gasteiger partial charge in [0.15, 0.2) is 5.02 Å². The third-order valence-corrected chi connectivity index (χ3v) is 4.78. The van der Waals surface area contributed by atoms with E-state index >= 15 is 0 Å². The van der Waals surface area contributed by atoms with Crippen LogP contribution in [0.4, 0.5) is 11.5 Å². The molecule has 0 atom stereocenters. The van der Waals surface area contributed by atoms with E-state index in [0.717, 1.165) is 17.8 Å². The van der Waals surface area contributed by atoms with Gasteiger partial charge in [0.2, 0.25) is 5.91 Å². The van der Waals surface area contributed by atoms with Crippen LogP contribution in [0.25, 0.3) is 0 Å². The molecule has 0 fully saturated rings. The van der Waals surface area contributed by atoms with E-state index < -0.39 is 16.6 Å². The van der Waals surface area contributed by atoms with Gasteiger partial charge in [-0.25, -0.2) is 0 Å². The molecule has 0 spiro atoms. The SMILES string of the molecule is CCn1ncc(Cn2cc(NC(=O)Cn3nc([N+](=O)[O-])c(Cl)c3C)cn2)c1C. The number of aryl methyl sites for hydroxylation is 1. The molecule has 0 aromatic carbocycles. The van der Waals surface area contributed by atoms with Gasteiger partial charge in [-0.3, -0.25) is 14.2 Å². The first-order valence-corrected chi connectivity index (χ1v) is 8.88. The summed E-state index contributed by atoms with van der Waals surface area (Å²) < 4.78 is 4.79. The average molecular weight is 407 g/mol. The number of hydrogen-bond donors (Lipinski definition) is 1. The minimum Gasteiger partial charge on any atom is -0.358 e. The van der Waals surface area contributed by atoms with Crippen molar-refractivity contribution in [3.63, 3.8) is 0 Å². The summed E-state index contributed by atoms with van der Waals surface area (Å²) >= 11 is 5.88. The molecule has 1 amide bonds. The van der Waals surface area contributed by atoms with Gasteiger partial charge in [-0.2, -0.15) is 14.9 Å². The molecule has 148 valence electrons. The molecule has 1 N–H and O–H groups in total. The van der Waals surface area contributed by atoms with Gasteiger partial charge in [0.1, 0.15) is 6.54 Å². The molecule has 28 heavy (non-hydrogen) atoms. The second-order valence-electron chi connectivity index (χ2n) is 6.18. The summed E-state index contributed by atoms with van der Waals surface area (Å²) in [6, 6.07) is 0. The van der Waals surface area contributed by atoms with Crippen LogP contribution in [0, 0.1) is 24.0 Å². The number of nitrogens with one attached hydrogen (secondary N) is 1. The maximum Gasteiger partial charge on any atom is 0.408 e. The molecule has 0 unspecified atom stereocenters. The van der Waals surface area contributed by atoms with E-state index in [-0.39, 0.29) is 11.6 Å². The summed E-state index contributed by atoms with van der Waals surface area (Å²) in [5.74, 6) is -0.866. The van der Waals surface area contributed by atoms with Crippen LogP contribution in [0.1, 0.15) is 23.9 Å². The number of aromatic nitrogens is 6. The van der Waals surface area contributed by atoms with Gasteiger partial charge in [0.05, 0.1) is 35.4 Å². The Hall–Kier alpha value is -3.21. The highest BCUT2D eigenvalue weighted by molar-refractivity contribution is 6.33. The van der Waals surface area contributed by atoms with Crippen molar-refractivity contribution in [2.45, 2.75) is 40.4 Å². The summed E-state index contributed by atoms with van der Waals surface area (Å²) in [5, 5.41) is 25.8. The van der Waals surface area contributed by atoms with Crippen molar-refractivity contribution in [1.82, 2.24) is 29.3 Å². The topological polar surface area (TPSA) is 126 Å². The van der Waals surface area contributed by atoms with E-state index in [9.17, 15) is 14.9 Å². The zero-order chi connectivity index (χ0) is 20.4. The molecule has 3 rings (SSSR count). The Morgan fingerprint density at radius 3 is 2.61 bits per heavy atom. The minimum absolute atomic E-state index is 0.0754. The summed E-state index contributed by atoms with van der Waals surface area (Å²) in [6.45, 7) is 6.70. The molecule has 3 aromatic heterocycles. The van der Waals surface area contributed by atoms with Crippen LogP contribution in [0.5, 0.6) is 0 Å². The highest BCUT2D eigenvalue weighted by atomic mass is 35.5. The molecule has 12 heteroatoms. The Morgan fingerprint density at radius 1 is 1.25 bits per heavy atom. The summed E-state index contributed by atoms with van der Waals surface area (Å²) in [7, 11) is 0. The van der Waals surface area contributed by atoms with E-state index in [2.05, 4.69) is 20.6 Å². The molecule has 0 aliphatic heterocycles. The van der Waals surface area contributed by atoms with Gasteiger partial charge in [-0.1, -0.05) is 11.6 Å². The van der Waals surface area contributed by atoms with Crippen LogP contribution in [0.3, 0.4) is 0 Å². The molecule has 3 heterocycles. The summed E-state index contributed by atoms with van der Waals surface area (Å²) in [5.41, 5.74) is 2.96. The van der Waals surface area contributed by atoms with E-state index in [1.54, 1.807) is 24.0 Å². The molecule has 11 nitrogen and oxygen atoms in total. The smallest absolute Gasteiger partial charge is 0.358 e. The first-order chi connectivity index (χ1) is 13.3. The molecule has 0 aliphatic carbocycles. The van der Waals surface area contributed by atoms with Crippen molar-refractivity contribution in [1.29, 1.82) is 0 Å². The monoisotopic (exact) mass is 406 g/mol. The van der Waals surface area contributed by atoms with Gasteiger partial charge in [-0.05, 0) is 25.7 Å². The largest absolute Gasteiger partial charge is 0.408 e. The van der Waals surface area contributed by atoms with Crippen LogP contribution in [0.15, 0.2) is 18.6 Å². The number of rotatable bonds is 7. The third kappa shape index (κ3) is 3.88. The zero-order valence-corrected chi connectivity index (χ0v) is 16.3. The van der Waals surface area contributed by atoms with Crippen LogP contribution in [0.2, 0.25) is 5.02 Å². The number of anilines is 1. The highest BCUT2D eigenvalue weighted by Crippen LogP contribution is 2.26. The van der Waals surface area contributed by atoms with Crippen molar-refractivity contribution in [2.75, 3.05) is 5.32 Å². The van der Waals surface area contributed by atoms with Crippen molar-refractivity contribution in [2.24, 2.45) is 0 Å². The highest BCUT2D eigenvalue weighted by Gasteiger charge is 2.25. The van der Waals surface area contributed by atoms with Gasteiger partial charge in [-0.15, -0.1) is 0 Å². The predicted octanol–water partition coefficient (Wildman–Crippen LogP) is 2.16. The molecule has 0 aliphatic rings. The second kappa shape index (κ2) is 7.80. The number of amides is 1. The van der Waals surface area contributed by atoms with E-state index in [0.29, 0.717) is 17.9 Å². The molecule has 0 saturated carbocycles. The molecule has 0 saturated heterocycles. The Bertz CT molecular complexity index is 1040. The molecular formula is C16H19ClN8O3. The van der Waals surface area contributed by atoms with E-state index in [1.807, 2.05) is 18.5 Å². The third-order valence-electron chi connectivity index (χ3n) is 4.34. The quantitative estimate of drug-likeness (QED) is 0.473. The summed E-state index contributed by atoms with van der Waals surface area (Å²) in [6.07, 6.45) is 5.03. The van der Waals surface area contributed by atoms with Gasteiger partial charge >= 0.3 is 5.82 Å². The Morgan fingerprint density at radius 2 is 2.00 bits per heavy atom. The van der Waals surface area contributed by atoms with Crippen molar-refractivity contribution in [3.8, 4) is 0 Å². The second-order valence-corrected chi connectivity index (χ2v) is 6.56. The van der Waals surface area contributed by atoms with Gasteiger partial charge in [0, 0.05) is 24.0 Å². The van der Waals surface area contributed by atoms with E-state index in [4.69, 9.17) is 11.6 Å². The number of hydrogen-bond acceptors (Lipinski definition) is 6. The normalized spacial score (nSPS) is 11.0. The standard InChI is InChI=1S/C16H19ClN8O3/c1-4-23-10(2)12(5-19-23)7-22-8-13(6-18-22)20-14(26)9-24-11(3)15(17)16(21-24)25(27)28/h5-6,8H,4,7,9H2,1-3H3,(H,20,26). The lowest BCUT2D eigenvalue weighted by molar-refractivity contribution is -0.389. The Balaban J connectivity index is 1.65. The van der Waals surface area contributed by atoms with Crippen molar-refractivity contribution >= 4 is 29.0 Å². The fourth-order valence-electron chi connectivity index (χ4n) is 2.76. The zero-order valence-electron chi connectivity index (χ0n) is 15.6. The van der Waals surface area contributed by atoms with Crippen LogP contribution >= 0.6 is 11.6 Å². The molecule has 0 radical (unpaired) electrons. The molecule has 0 bridgehead atoms. The summed E-state index contributed by atoms with van der Waals surface area (Å²) in [4.78, 5) is 22.5. The van der Waals surface area contributed by atoms with E-state index in [1.165, 1.54) is 10.9 Å². The van der Waals surface area contributed by atoms with Crippen LogP contribution < -0.4 is 5.32 Å². The Kier molecular flexibility index (Phi) is 5.45. The number of halogens is 1. The minimum atomic E-state index is -0.684. The average Bonchev–Trinajstić information content (AvgIpc) is 3.30. The fourth-order valence-corrected chi connectivity index (χ4v) is 2.97. The molecule has 3 aromatic rings. The maximum atomic E-state index is 12.3.